The van der Waals surface area contributed by atoms with Gasteiger partial charge in [-0.05, 0) is 47.9 Å². The van der Waals surface area contributed by atoms with E-state index < -0.39 is 0 Å². The topological polar surface area (TPSA) is 38.0 Å². The van der Waals surface area contributed by atoms with Gasteiger partial charge in [-0.2, -0.15) is 0 Å². The van der Waals surface area contributed by atoms with Gasteiger partial charge in [0.15, 0.2) is 0 Å². The summed E-state index contributed by atoms with van der Waals surface area (Å²) in [5, 5.41) is 0. The van der Waals surface area contributed by atoms with Gasteiger partial charge < -0.3 is 0 Å². The Balaban J connectivity index is 2.27. The fourth-order valence-corrected chi connectivity index (χ4v) is 2.91. The predicted octanol–water partition coefficient (Wildman–Crippen LogP) is 4.10. The minimum absolute atomic E-state index is 0.153. The van der Waals surface area contributed by atoms with Crippen LogP contribution in [0.15, 0.2) is 51.4 Å². The highest BCUT2D eigenvalue weighted by atomic mass is 79.9. The number of hydrogen-bond donors (Lipinski definition) is 2. The molecule has 0 saturated heterocycles. The maximum absolute atomic E-state index is 13.3. The Bertz CT molecular complexity index is 575. The number of benzene rings is 2. The molecule has 0 radical (unpaired) electrons. The number of hydrogen-bond acceptors (Lipinski definition) is 2. The van der Waals surface area contributed by atoms with E-state index >= 15 is 0 Å². The zero-order chi connectivity index (χ0) is 13.8. The summed E-state index contributed by atoms with van der Waals surface area (Å²) < 4.78 is 15.2. The minimum atomic E-state index is -0.271. The van der Waals surface area contributed by atoms with Crippen molar-refractivity contribution in [3.63, 3.8) is 0 Å². The average Bonchev–Trinajstić information content (AvgIpc) is 2.39. The number of halogens is 3. The molecule has 1 unspecified atom stereocenters. The van der Waals surface area contributed by atoms with Crippen molar-refractivity contribution in [2.45, 2.75) is 12.5 Å². The second kappa shape index (κ2) is 6.61. The smallest absolute Gasteiger partial charge is 0.123 e. The molecule has 1 atom stereocenters. The van der Waals surface area contributed by atoms with Crippen molar-refractivity contribution in [3.05, 3.63) is 68.4 Å². The Morgan fingerprint density at radius 3 is 2.63 bits per heavy atom. The van der Waals surface area contributed by atoms with Crippen LogP contribution in [0.5, 0.6) is 0 Å². The minimum Gasteiger partial charge on any atom is -0.271 e. The summed E-state index contributed by atoms with van der Waals surface area (Å²) in [6.07, 6.45) is 0.679. The first-order valence-electron chi connectivity index (χ1n) is 5.75. The van der Waals surface area contributed by atoms with Crippen LogP contribution in [-0.2, 0) is 6.42 Å². The molecular weight excluding hydrogens is 375 g/mol. The number of hydrazine groups is 1. The summed E-state index contributed by atoms with van der Waals surface area (Å²) in [7, 11) is 0. The fraction of sp³-hybridized carbons (Fsp3) is 0.143. The largest absolute Gasteiger partial charge is 0.271 e. The van der Waals surface area contributed by atoms with Crippen LogP contribution in [0.25, 0.3) is 0 Å². The molecular formula is C14H13Br2FN2. The summed E-state index contributed by atoms with van der Waals surface area (Å²) in [4.78, 5) is 0. The van der Waals surface area contributed by atoms with Crippen LogP contribution < -0.4 is 11.3 Å². The highest BCUT2D eigenvalue weighted by Gasteiger charge is 2.14. The first-order chi connectivity index (χ1) is 9.10. The molecule has 2 rings (SSSR count). The maximum Gasteiger partial charge on any atom is 0.123 e. The predicted molar refractivity (Wildman–Crippen MR) is 82.0 cm³/mol. The van der Waals surface area contributed by atoms with Crippen LogP contribution in [0.4, 0.5) is 4.39 Å². The van der Waals surface area contributed by atoms with Crippen LogP contribution in [0, 0.1) is 5.82 Å². The summed E-state index contributed by atoms with van der Waals surface area (Å²) in [6.45, 7) is 0. The number of nitrogens with one attached hydrogen (secondary N) is 1. The van der Waals surface area contributed by atoms with E-state index in [4.69, 9.17) is 5.84 Å². The molecule has 0 aliphatic carbocycles. The molecule has 5 heteroatoms. The van der Waals surface area contributed by atoms with Gasteiger partial charge in [0.1, 0.15) is 5.82 Å². The van der Waals surface area contributed by atoms with Crippen molar-refractivity contribution in [1.29, 1.82) is 0 Å². The number of rotatable bonds is 4. The summed E-state index contributed by atoms with van der Waals surface area (Å²) in [5.74, 6) is 5.33. The van der Waals surface area contributed by atoms with E-state index in [9.17, 15) is 4.39 Å². The summed E-state index contributed by atoms with van der Waals surface area (Å²) in [5.41, 5.74) is 4.67. The van der Waals surface area contributed by atoms with E-state index in [1.807, 2.05) is 24.3 Å². The molecule has 0 heterocycles. The molecule has 0 saturated carbocycles. The molecule has 2 aromatic rings. The first-order valence-corrected chi connectivity index (χ1v) is 7.34. The lowest BCUT2D eigenvalue weighted by atomic mass is 9.99. The third-order valence-corrected chi connectivity index (χ3v) is 4.08. The Hall–Kier alpha value is -0.750. The molecule has 100 valence electrons. The van der Waals surface area contributed by atoms with Crippen molar-refractivity contribution in [2.75, 3.05) is 0 Å². The van der Waals surface area contributed by atoms with E-state index in [1.54, 1.807) is 6.07 Å². The Morgan fingerprint density at radius 2 is 1.95 bits per heavy atom. The van der Waals surface area contributed by atoms with E-state index in [0.29, 0.717) is 6.42 Å². The van der Waals surface area contributed by atoms with Crippen molar-refractivity contribution in [1.82, 2.24) is 5.43 Å². The van der Waals surface area contributed by atoms with Crippen LogP contribution in [0.2, 0.25) is 0 Å². The first kappa shape index (κ1) is 14.7. The van der Waals surface area contributed by atoms with Gasteiger partial charge in [0, 0.05) is 8.95 Å². The van der Waals surface area contributed by atoms with Gasteiger partial charge in [-0.1, -0.05) is 44.0 Å². The van der Waals surface area contributed by atoms with Crippen LogP contribution in [0.1, 0.15) is 17.2 Å². The van der Waals surface area contributed by atoms with Gasteiger partial charge in [-0.15, -0.1) is 0 Å². The average molecular weight is 388 g/mol. The molecule has 0 aliphatic rings. The van der Waals surface area contributed by atoms with E-state index in [2.05, 4.69) is 37.3 Å². The fourth-order valence-electron chi connectivity index (χ4n) is 1.94. The number of nitrogens with two attached hydrogens (primary N) is 1. The van der Waals surface area contributed by atoms with Crippen molar-refractivity contribution < 1.29 is 4.39 Å². The zero-order valence-electron chi connectivity index (χ0n) is 10.0. The zero-order valence-corrected chi connectivity index (χ0v) is 13.2. The SMILES string of the molecule is NNC(Cc1cccc(Br)c1)c1cc(F)ccc1Br. The second-order valence-electron chi connectivity index (χ2n) is 4.22. The quantitative estimate of drug-likeness (QED) is 0.612. The van der Waals surface area contributed by atoms with E-state index in [-0.39, 0.29) is 11.9 Å². The van der Waals surface area contributed by atoms with Gasteiger partial charge in [0.05, 0.1) is 6.04 Å². The van der Waals surface area contributed by atoms with Gasteiger partial charge in [0.25, 0.3) is 0 Å². The molecule has 3 N–H and O–H groups in total. The third kappa shape index (κ3) is 3.86. The lowest BCUT2D eigenvalue weighted by Gasteiger charge is -2.18. The molecule has 0 spiro atoms. The molecule has 0 aliphatic heterocycles. The van der Waals surface area contributed by atoms with Gasteiger partial charge in [-0.3, -0.25) is 11.3 Å². The van der Waals surface area contributed by atoms with Crippen LogP contribution >= 0.6 is 31.9 Å². The lowest BCUT2D eigenvalue weighted by Crippen LogP contribution is -2.30. The lowest BCUT2D eigenvalue weighted by molar-refractivity contribution is 0.542. The third-order valence-electron chi connectivity index (χ3n) is 2.86. The normalized spacial score (nSPS) is 12.4. The highest BCUT2D eigenvalue weighted by molar-refractivity contribution is 9.10. The van der Waals surface area contributed by atoms with E-state index in [1.165, 1.54) is 12.1 Å². The van der Waals surface area contributed by atoms with E-state index in [0.717, 1.165) is 20.1 Å². The summed E-state index contributed by atoms with van der Waals surface area (Å²) >= 11 is 6.86. The van der Waals surface area contributed by atoms with Gasteiger partial charge >= 0.3 is 0 Å². The Kier molecular flexibility index (Phi) is 5.10. The molecule has 0 fully saturated rings. The molecule has 0 amide bonds. The van der Waals surface area contributed by atoms with Crippen LogP contribution in [-0.4, -0.2) is 0 Å². The molecule has 2 nitrogen and oxygen atoms in total. The summed E-state index contributed by atoms with van der Waals surface area (Å²) in [6, 6.07) is 12.4. The van der Waals surface area contributed by atoms with Gasteiger partial charge in [-0.25, -0.2) is 4.39 Å². The maximum atomic E-state index is 13.3. The van der Waals surface area contributed by atoms with Crippen molar-refractivity contribution in [2.24, 2.45) is 5.84 Å². The van der Waals surface area contributed by atoms with Crippen molar-refractivity contribution in [3.8, 4) is 0 Å². The Labute approximate surface area is 128 Å². The molecule has 19 heavy (non-hydrogen) atoms. The second-order valence-corrected chi connectivity index (χ2v) is 5.99. The highest BCUT2D eigenvalue weighted by Crippen LogP contribution is 2.27. The monoisotopic (exact) mass is 386 g/mol. The Morgan fingerprint density at radius 1 is 1.16 bits per heavy atom. The molecule has 0 aromatic heterocycles. The molecule has 0 bridgehead atoms. The van der Waals surface area contributed by atoms with Crippen molar-refractivity contribution >= 4 is 31.9 Å². The molecule has 2 aromatic carbocycles. The standard InChI is InChI=1S/C14H13Br2FN2/c15-10-3-1-2-9(6-10)7-14(19-18)12-8-11(17)4-5-13(12)16/h1-6,8,14,19H,7,18H2. The van der Waals surface area contributed by atoms with Crippen LogP contribution in [0.3, 0.4) is 0 Å². The van der Waals surface area contributed by atoms with Gasteiger partial charge in [0.2, 0.25) is 0 Å².